The molecule has 14 heteroatoms. The molecule has 3 rings (SSSR count). The van der Waals surface area contributed by atoms with Gasteiger partial charge in [0.05, 0.1) is 36.6 Å². The Kier molecular flexibility index (Phi) is 8.22. The van der Waals surface area contributed by atoms with Crippen LogP contribution in [0.4, 0.5) is 32.0 Å². The fourth-order valence-corrected chi connectivity index (χ4v) is 3.54. The molecule has 0 aliphatic heterocycles. The molecule has 2 aromatic carbocycles. The Bertz CT molecular complexity index is 1350. The summed E-state index contributed by atoms with van der Waals surface area (Å²) in [6.45, 7) is 1.52. The minimum absolute atomic E-state index is 0.0586. The minimum atomic E-state index is -4.82. The van der Waals surface area contributed by atoms with Gasteiger partial charge in [-0.15, -0.1) is 0 Å². The highest BCUT2D eigenvalue weighted by Crippen LogP contribution is 2.38. The van der Waals surface area contributed by atoms with Gasteiger partial charge < -0.3 is 20.5 Å². The van der Waals surface area contributed by atoms with Crippen LogP contribution in [0.5, 0.6) is 5.75 Å². The molecule has 0 bridgehead atoms. The lowest BCUT2D eigenvalue weighted by Crippen LogP contribution is -2.24. The Balaban J connectivity index is 1.99. The highest BCUT2D eigenvalue weighted by molar-refractivity contribution is 5.97. The average molecular weight is 544 g/mol. The Morgan fingerprint density at radius 1 is 1.13 bits per heavy atom. The first-order valence-electron chi connectivity index (χ1n) is 11.0. The fourth-order valence-electron chi connectivity index (χ4n) is 3.54. The number of hydrogen-bond donors (Lipinski definition) is 2. The summed E-state index contributed by atoms with van der Waals surface area (Å²) in [4.78, 5) is 24.9. The second-order valence-corrected chi connectivity index (χ2v) is 7.98. The number of ether oxygens (including phenoxy) is 2. The van der Waals surface area contributed by atoms with Crippen molar-refractivity contribution in [2.24, 2.45) is 0 Å². The van der Waals surface area contributed by atoms with Gasteiger partial charge in [0.2, 0.25) is 0 Å². The van der Waals surface area contributed by atoms with Crippen LogP contribution in [0.1, 0.15) is 51.9 Å². The number of nitrogens with one attached hydrogen (secondary N) is 1. The van der Waals surface area contributed by atoms with Crippen molar-refractivity contribution >= 4 is 17.6 Å². The van der Waals surface area contributed by atoms with Gasteiger partial charge in [0.1, 0.15) is 17.3 Å². The van der Waals surface area contributed by atoms with Crippen LogP contribution in [0, 0.1) is 17.5 Å². The standard InChI is InChI=1S/C24H22F6N4O4/c1-4-38-23(36)21-18(31)19(11(2)24(28,29)30)33-34(21)20-15(26)7-12(8-16(20)27)10-32-22(35)14-9-13(25)5-6-17(14)37-3/h5-9,11H,4,10,31H2,1-3H3,(H,32,35). The topological polar surface area (TPSA) is 108 Å². The van der Waals surface area contributed by atoms with Gasteiger partial charge in [-0.05, 0) is 49.7 Å². The van der Waals surface area contributed by atoms with Crippen LogP contribution in [-0.2, 0) is 11.3 Å². The van der Waals surface area contributed by atoms with E-state index in [0.29, 0.717) is 4.68 Å². The number of benzene rings is 2. The van der Waals surface area contributed by atoms with Crippen molar-refractivity contribution in [2.75, 3.05) is 19.5 Å². The van der Waals surface area contributed by atoms with E-state index in [1.54, 1.807) is 0 Å². The highest BCUT2D eigenvalue weighted by atomic mass is 19.4. The first-order valence-corrected chi connectivity index (χ1v) is 11.0. The summed E-state index contributed by atoms with van der Waals surface area (Å²) < 4.78 is 93.9. The van der Waals surface area contributed by atoms with E-state index in [0.717, 1.165) is 31.2 Å². The van der Waals surface area contributed by atoms with Gasteiger partial charge in [-0.2, -0.15) is 18.3 Å². The highest BCUT2D eigenvalue weighted by Gasteiger charge is 2.42. The van der Waals surface area contributed by atoms with Gasteiger partial charge in [-0.25, -0.2) is 22.6 Å². The molecule has 38 heavy (non-hydrogen) atoms. The molecule has 1 unspecified atom stereocenters. The summed E-state index contributed by atoms with van der Waals surface area (Å²) in [5.41, 5.74) is 2.16. The second-order valence-electron chi connectivity index (χ2n) is 7.98. The molecule has 0 saturated carbocycles. The van der Waals surface area contributed by atoms with E-state index in [2.05, 4.69) is 10.4 Å². The molecule has 1 amide bonds. The normalized spacial score (nSPS) is 12.2. The van der Waals surface area contributed by atoms with Crippen LogP contribution in [0.2, 0.25) is 0 Å². The predicted octanol–water partition coefficient (Wildman–Crippen LogP) is 4.65. The van der Waals surface area contributed by atoms with Crippen LogP contribution >= 0.6 is 0 Å². The van der Waals surface area contributed by atoms with E-state index in [4.69, 9.17) is 15.2 Å². The second kappa shape index (κ2) is 11.0. The van der Waals surface area contributed by atoms with E-state index in [-0.39, 0.29) is 23.5 Å². The van der Waals surface area contributed by atoms with E-state index < -0.39 is 70.7 Å². The lowest BCUT2D eigenvalue weighted by molar-refractivity contribution is -0.147. The number of rotatable bonds is 8. The first-order chi connectivity index (χ1) is 17.8. The summed E-state index contributed by atoms with van der Waals surface area (Å²) in [6, 6.07) is 4.77. The van der Waals surface area contributed by atoms with Crippen LogP contribution in [0.25, 0.3) is 5.69 Å². The van der Waals surface area contributed by atoms with E-state index in [1.165, 1.54) is 20.1 Å². The molecule has 8 nitrogen and oxygen atoms in total. The number of hydrogen-bond acceptors (Lipinski definition) is 6. The van der Waals surface area contributed by atoms with Crippen LogP contribution < -0.4 is 15.8 Å². The Morgan fingerprint density at radius 2 is 1.76 bits per heavy atom. The lowest BCUT2D eigenvalue weighted by atomic mass is 10.1. The molecule has 3 N–H and O–H groups in total. The van der Waals surface area contributed by atoms with Crippen molar-refractivity contribution in [3.05, 3.63) is 70.3 Å². The number of anilines is 1. The first kappa shape index (κ1) is 28.3. The van der Waals surface area contributed by atoms with Crippen LogP contribution in [-0.4, -0.2) is 41.5 Å². The smallest absolute Gasteiger partial charge is 0.397 e. The van der Waals surface area contributed by atoms with Crippen molar-refractivity contribution < 1.29 is 45.4 Å². The fraction of sp³-hybridized carbons (Fsp3) is 0.292. The number of carbonyl (C=O) groups is 2. The van der Waals surface area contributed by atoms with Gasteiger partial charge in [-0.3, -0.25) is 4.79 Å². The molecule has 0 saturated heterocycles. The Hall–Kier alpha value is -4.23. The summed E-state index contributed by atoms with van der Waals surface area (Å²) >= 11 is 0. The van der Waals surface area contributed by atoms with Gasteiger partial charge in [0.25, 0.3) is 5.91 Å². The van der Waals surface area contributed by atoms with Gasteiger partial charge in [0, 0.05) is 6.54 Å². The number of nitrogens with zero attached hydrogens (tertiary/aromatic N) is 2. The maximum Gasteiger partial charge on any atom is 0.397 e. The zero-order valence-electron chi connectivity index (χ0n) is 20.3. The molecule has 0 aliphatic carbocycles. The number of halogens is 6. The molecular weight excluding hydrogens is 522 g/mol. The number of methoxy groups -OCH3 is 1. The molecule has 1 atom stereocenters. The summed E-state index contributed by atoms with van der Waals surface area (Å²) in [7, 11) is 1.26. The third-order valence-electron chi connectivity index (χ3n) is 5.47. The molecule has 0 spiro atoms. The van der Waals surface area contributed by atoms with Gasteiger partial charge >= 0.3 is 12.1 Å². The number of nitrogens with two attached hydrogens (primary N) is 1. The van der Waals surface area contributed by atoms with E-state index in [9.17, 15) is 27.2 Å². The number of esters is 1. The van der Waals surface area contributed by atoms with E-state index in [1.807, 2.05) is 0 Å². The number of nitrogen functional groups attached to an aromatic ring is 1. The molecule has 0 fully saturated rings. The quantitative estimate of drug-likeness (QED) is 0.316. The zero-order valence-corrected chi connectivity index (χ0v) is 20.3. The van der Waals surface area contributed by atoms with Gasteiger partial charge in [0.15, 0.2) is 17.3 Å². The zero-order chi connectivity index (χ0) is 28.4. The minimum Gasteiger partial charge on any atom is -0.496 e. The third-order valence-corrected chi connectivity index (χ3v) is 5.47. The molecule has 3 aromatic rings. The predicted molar refractivity (Wildman–Crippen MR) is 122 cm³/mol. The Morgan fingerprint density at radius 3 is 2.32 bits per heavy atom. The van der Waals surface area contributed by atoms with Crippen LogP contribution in [0.3, 0.4) is 0 Å². The van der Waals surface area contributed by atoms with Crippen molar-refractivity contribution in [3.8, 4) is 11.4 Å². The van der Waals surface area contributed by atoms with E-state index >= 15 is 8.78 Å². The van der Waals surface area contributed by atoms with Crippen molar-refractivity contribution in [1.82, 2.24) is 15.1 Å². The largest absolute Gasteiger partial charge is 0.496 e. The van der Waals surface area contributed by atoms with Crippen molar-refractivity contribution in [2.45, 2.75) is 32.5 Å². The molecule has 1 aromatic heterocycles. The maximum absolute atomic E-state index is 15.1. The molecule has 0 aliphatic rings. The van der Waals surface area contributed by atoms with Crippen molar-refractivity contribution in [1.29, 1.82) is 0 Å². The third kappa shape index (κ3) is 5.68. The number of carbonyl (C=O) groups excluding carboxylic acids is 2. The molecular formula is C24H22F6N4O4. The molecule has 1 heterocycles. The number of aromatic nitrogens is 2. The lowest BCUT2D eigenvalue weighted by Gasteiger charge is -2.13. The summed E-state index contributed by atoms with van der Waals surface area (Å²) in [5, 5.41) is 5.98. The Labute approximate surface area is 212 Å². The number of alkyl halides is 3. The summed E-state index contributed by atoms with van der Waals surface area (Å²) in [6.07, 6.45) is -4.82. The summed E-state index contributed by atoms with van der Waals surface area (Å²) in [5.74, 6) is -7.61. The van der Waals surface area contributed by atoms with Crippen LogP contribution in [0.15, 0.2) is 30.3 Å². The van der Waals surface area contributed by atoms with Gasteiger partial charge in [-0.1, -0.05) is 0 Å². The molecule has 0 radical (unpaired) electrons. The maximum atomic E-state index is 15.1. The average Bonchev–Trinajstić information content (AvgIpc) is 3.17. The SMILES string of the molecule is CCOC(=O)c1c(N)c(C(C)C(F)(F)F)nn1-c1c(F)cc(CNC(=O)c2cc(F)ccc2OC)cc1F. The molecule has 204 valence electrons. The monoisotopic (exact) mass is 544 g/mol. The van der Waals surface area contributed by atoms with Crippen molar-refractivity contribution in [3.63, 3.8) is 0 Å². The number of amides is 1.